The number of aliphatic hydroxyl groups is 1. The molecule has 15 heavy (non-hydrogen) atoms. The van der Waals surface area contributed by atoms with Gasteiger partial charge < -0.3 is 16.2 Å². The van der Waals surface area contributed by atoms with Crippen LogP contribution in [0, 0.1) is 5.92 Å². The van der Waals surface area contributed by atoms with Crippen molar-refractivity contribution in [1.82, 2.24) is 5.32 Å². The summed E-state index contributed by atoms with van der Waals surface area (Å²) in [4.78, 5) is 0. The maximum atomic E-state index is 8.71. The Morgan fingerprint density at radius 3 is 2.80 bits per heavy atom. The smallest absolute Gasteiger partial charge is 0.0431 e. The van der Waals surface area contributed by atoms with Crippen molar-refractivity contribution < 1.29 is 5.11 Å². The third-order valence-corrected chi connectivity index (χ3v) is 3.76. The Balaban J connectivity index is 2.28. The summed E-state index contributed by atoms with van der Waals surface area (Å²) in [6, 6.07) is 0. The standard InChI is InChI=1S/C12H26N2O/c1-2-11-5-6-12(9-11,10-13)14-7-3-4-8-15/h11,14-15H,2-10,13H2,1H3. The molecule has 0 bridgehead atoms. The predicted molar refractivity (Wildman–Crippen MR) is 63.7 cm³/mol. The Hall–Kier alpha value is -0.120. The minimum atomic E-state index is 0.204. The summed E-state index contributed by atoms with van der Waals surface area (Å²) in [5.74, 6) is 0.860. The fourth-order valence-corrected chi connectivity index (χ4v) is 2.59. The van der Waals surface area contributed by atoms with Gasteiger partial charge in [0.2, 0.25) is 0 Å². The van der Waals surface area contributed by atoms with Crippen LogP contribution in [0.4, 0.5) is 0 Å². The van der Waals surface area contributed by atoms with E-state index in [2.05, 4.69) is 12.2 Å². The van der Waals surface area contributed by atoms with Crippen molar-refractivity contribution in [1.29, 1.82) is 0 Å². The number of nitrogens with two attached hydrogens (primary N) is 1. The summed E-state index contributed by atoms with van der Waals surface area (Å²) in [5, 5.41) is 12.3. The van der Waals surface area contributed by atoms with Gasteiger partial charge in [0.25, 0.3) is 0 Å². The molecule has 4 N–H and O–H groups in total. The van der Waals surface area contributed by atoms with E-state index in [1.807, 2.05) is 0 Å². The van der Waals surface area contributed by atoms with E-state index in [0.717, 1.165) is 31.8 Å². The molecule has 0 spiro atoms. The van der Waals surface area contributed by atoms with Crippen LogP contribution < -0.4 is 11.1 Å². The van der Waals surface area contributed by atoms with Crippen LogP contribution in [0.1, 0.15) is 45.4 Å². The minimum Gasteiger partial charge on any atom is -0.396 e. The highest BCUT2D eigenvalue weighted by molar-refractivity contribution is 4.96. The Bertz CT molecular complexity index is 175. The van der Waals surface area contributed by atoms with Crippen LogP contribution in [0.2, 0.25) is 0 Å². The molecule has 0 aromatic carbocycles. The summed E-state index contributed by atoms with van der Waals surface area (Å²) in [7, 11) is 0. The summed E-state index contributed by atoms with van der Waals surface area (Å²) >= 11 is 0. The largest absolute Gasteiger partial charge is 0.396 e. The minimum absolute atomic E-state index is 0.204. The van der Waals surface area contributed by atoms with Crippen LogP contribution in [0.3, 0.4) is 0 Å². The molecule has 0 aliphatic heterocycles. The highest BCUT2D eigenvalue weighted by Crippen LogP contribution is 2.35. The molecule has 0 saturated heterocycles. The topological polar surface area (TPSA) is 58.3 Å². The van der Waals surface area contributed by atoms with Crippen molar-refractivity contribution in [3.05, 3.63) is 0 Å². The lowest BCUT2D eigenvalue weighted by atomic mass is 9.95. The molecule has 2 atom stereocenters. The Kier molecular flexibility index (Phi) is 5.58. The van der Waals surface area contributed by atoms with Crippen molar-refractivity contribution in [3.8, 4) is 0 Å². The van der Waals surface area contributed by atoms with E-state index in [4.69, 9.17) is 10.8 Å². The fourth-order valence-electron chi connectivity index (χ4n) is 2.59. The molecule has 90 valence electrons. The third-order valence-electron chi connectivity index (χ3n) is 3.76. The van der Waals surface area contributed by atoms with E-state index >= 15 is 0 Å². The molecule has 1 saturated carbocycles. The van der Waals surface area contributed by atoms with Gasteiger partial charge in [-0.3, -0.25) is 0 Å². The number of aliphatic hydroxyl groups excluding tert-OH is 1. The molecule has 0 radical (unpaired) electrons. The lowest BCUT2D eigenvalue weighted by molar-refractivity contribution is 0.273. The molecule has 2 unspecified atom stereocenters. The van der Waals surface area contributed by atoms with Crippen molar-refractivity contribution in [2.45, 2.75) is 51.0 Å². The Morgan fingerprint density at radius 2 is 2.27 bits per heavy atom. The van der Waals surface area contributed by atoms with E-state index in [0.29, 0.717) is 6.61 Å². The first kappa shape index (κ1) is 12.9. The molecule has 1 aliphatic rings. The summed E-state index contributed by atoms with van der Waals surface area (Å²) in [6.07, 6.45) is 7.00. The average Bonchev–Trinajstić information content (AvgIpc) is 2.69. The molecule has 3 nitrogen and oxygen atoms in total. The second kappa shape index (κ2) is 6.46. The summed E-state index contributed by atoms with van der Waals surface area (Å²) in [6.45, 7) is 4.31. The summed E-state index contributed by atoms with van der Waals surface area (Å²) in [5.41, 5.74) is 6.09. The van der Waals surface area contributed by atoms with E-state index < -0.39 is 0 Å². The molecular weight excluding hydrogens is 188 g/mol. The van der Waals surface area contributed by atoms with Crippen LogP contribution >= 0.6 is 0 Å². The second-order valence-corrected chi connectivity index (χ2v) is 4.86. The number of nitrogens with one attached hydrogen (secondary N) is 1. The molecule has 1 aliphatic carbocycles. The van der Waals surface area contributed by atoms with Crippen molar-refractivity contribution >= 4 is 0 Å². The fraction of sp³-hybridized carbons (Fsp3) is 1.00. The third kappa shape index (κ3) is 3.74. The zero-order valence-electron chi connectivity index (χ0n) is 9.97. The Labute approximate surface area is 93.4 Å². The molecular formula is C12H26N2O. The molecule has 0 amide bonds. The van der Waals surface area contributed by atoms with Gasteiger partial charge in [0.05, 0.1) is 0 Å². The first-order chi connectivity index (χ1) is 7.26. The van der Waals surface area contributed by atoms with Crippen LogP contribution in [0.25, 0.3) is 0 Å². The lowest BCUT2D eigenvalue weighted by Gasteiger charge is -2.29. The van der Waals surface area contributed by atoms with Crippen LogP contribution in [0.15, 0.2) is 0 Å². The summed E-state index contributed by atoms with van der Waals surface area (Å²) < 4.78 is 0. The molecule has 1 rings (SSSR count). The van der Waals surface area contributed by atoms with Gasteiger partial charge in [-0.15, -0.1) is 0 Å². The van der Waals surface area contributed by atoms with Gasteiger partial charge in [0.15, 0.2) is 0 Å². The van der Waals surface area contributed by atoms with E-state index in [1.54, 1.807) is 0 Å². The van der Waals surface area contributed by atoms with Crippen LogP contribution in [0.5, 0.6) is 0 Å². The lowest BCUT2D eigenvalue weighted by Crippen LogP contribution is -2.49. The van der Waals surface area contributed by atoms with E-state index in [-0.39, 0.29) is 5.54 Å². The van der Waals surface area contributed by atoms with Gasteiger partial charge in [0, 0.05) is 18.7 Å². The quantitative estimate of drug-likeness (QED) is 0.559. The first-order valence-electron chi connectivity index (χ1n) is 6.32. The van der Waals surface area contributed by atoms with Gasteiger partial charge in [0.1, 0.15) is 0 Å². The highest BCUT2D eigenvalue weighted by atomic mass is 16.2. The van der Waals surface area contributed by atoms with Gasteiger partial charge in [-0.1, -0.05) is 13.3 Å². The molecule has 3 heteroatoms. The van der Waals surface area contributed by atoms with Gasteiger partial charge in [-0.2, -0.15) is 0 Å². The molecule has 0 aromatic rings. The van der Waals surface area contributed by atoms with Gasteiger partial charge in [-0.25, -0.2) is 0 Å². The van der Waals surface area contributed by atoms with Gasteiger partial charge in [-0.05, 0) is 44.6 Å². The number of rotatable bonds is 7. The zero-order valence-corrected chi connectivity index (χ0v) is 9.97. The maximum absolute atomic E-state index is 8.71. The highest BCUT2D eigenvalue weighted by Gasteiger charge is 2.36. The molecule has 0 aromatic heterocycles. The average molecular weight is 214 g/mol. The number of hydrogen-bond acceptors (Lipinski definition) is 3. The molecule has 0 heterocycles. The zero-order chi connectivity index (χ0) is 11.1. The normalized spacial score (nSPS) is 31.0. The van der Waals surface area contributed by atoms with E-state index in [9.17, 15) is 0 Å². The predicted octanol–water partition coefficient (Wildman–Crippen LogP) is 1.26. The number of hydrogen-bond donors (Lipinski definition) is 3. The maximum Gasteiger partial charge on any atom is 0.0431 e. The molecule has 1 fully saturated rings. The van der Waals surface area contributed by atoms with E-state index in [1.165, 1.54) is 25.7 Å². The van der Waals surface area contributed by atoms with Crippen LogP contribution in [-0.4, -0.2) is 30.3 Å². The Morgan fingerprint density at radius 1 is 1.47 bits per heavy atom. The monoisotopic (exact) mass is 214 g/mol. The van der Waals surface area contributed by atoms with Crippen molar-refractivity contribution in [2.24, 2.45) is 11.7 Å². The number of unbranched alkanes of at least 4 members (excludes halogenated alkanes) is 1. The second-order valence-electron chi connectivity index (χ2n) is 4.86. The van der Waals surface area contributed by atoms with Crippen molar-refractivity contribution in [3.63, 3.8) is 0 Å². The van der Waals surface area contributed by atoms with Crippen LogP contribution in [-0.2, 0) is 0 Å². The SMILES string of the molecule is CCC1CCC(CN)(NCCCCO)C1. The first-order valence-corrected chi connectivity index (χ1v) is 6.32. The van der Waals surface area contributed by atoms with Crippen molar-refractivity contribution in [2.75, 3.05) is 19.7 Å². The van der Waals surface area contributed by atoms with Gasteiger partial charge >= 0.3 is 0 Å².